The Labute approximate surface area is 95.9 Å². The van der Waals surface area contributed by atoms with E-state index in [0.29, 0.717) is 6.61 Å². The zero-order valence-corrected chi connectivity index (χ0v) is 9.60. The van der Waals surface area contributed by atoms with E-state index in [1.807, 2.05) is 38.2 Å². The van der Waals surface area contributed by atoms with Gasteiger partial charge in [0.1, 0.15) is 5.75 Å². The quantitative estimate of drug-likeness (QED) is 0.779. The van der Waals surface area contributed by atoms with Crippen molar-refractivity contribution in [2.45, 2.75) is 13.8 Å². The van der Waals surface area contributed by atoms with E-state index in [0.717, 1.165) is 22.6 Å². The fraction of sp³-hybridized carbons (Fsp3) is 0.214. The number of aromatic nitrogens is 1. The Kier molecular flexibility index (Phi) is 3.20. The molecule has 0 aliphatic carbocycles. The Hall–Kier alpha value is -1.83. The number of pyridine rings is 1. The smallest absolute Gasteiger partial charge is 0.119 e. The highest BCUT2D eigenvalue weighted by molar-refractivity contribution is 5.63. The molecule has 2 aromatic rings. The topological polar surface area (TPSA) is 22.1 Å². The van der Waals surface area contributed by atoms with Gasteiger partial charge in [0.15, 0.2) is 0 Å². The zero-order chi connectivity index (χ0) is 11.4. The summed E-state index contributed by atoms with van der Waals surface area (Å²) in [6.45, 7) is 4.67. The first kappa shape index (κ1) is 10.7. The maximum Gasteiger partial charge on any atom is 0.119 e. The molecule has 0 aliphatic heterocycles. The Bertz CT molecular complexity index is 445. The number of rotatable bonds is 3. The molecule has 1 aromatic heterocycles. The van der Waals surface area contributed by atoms with Crippen molar-refractivity contribution >= 4 is 0 Å². The number of hydrogen-bond donors (Lipinski definition) is 0. The second-order valence-corrected chi connectivity index (χ2v) is 3.65. The van der Waals surface area contributed by atoms with E-state index in [1.165, 1.54) is 0 Å². The molecule has 16 heavy (non-hydrogen) atoms. The molecule has 1 heterocycles. The van der Waals surface area contributed by atoms with Gasteiger partial charge in [-0.2, -0.15) is 0 Å². The number of hydrogen-bond acceptors (Lipinski definition) is 2. The minimum atomic E-state index is 0.700. The molecule has 2 rings (SSSR count). The first-order valence-corrected chi connectivity index (χ1v) is 5.45. The van der Waals surface area contributed by atoms with Crippen LogP contribution >= 0.6 is 0 Å². The zero-order valence-electron chi connectivity index (χ0n) is 9.60. The van der Waals surface area contributed by atoms with Crippen molar-refractivity contribution in [3.05, 3.63) is 48.3 Å². The SMILES string of the molecule is CCOc1ccc(-c2ccc(C)nc2)cc1. The van der Waals surface area contributed by atoms with Crippen molar-refractivity contribution in [2.24, 2.45) is 0 Å². The number of benzene rings is 1. The molecule has 0 aliphatic rings. The van der Waals surface area contributed by atoms with Gasteiger partial charge in [0.05, 0.1) is 6.61 Å². The van der Waals surface area contributed by atoms with E-state index in [9.17, 15) is 0 Å². The van der Waals surface area contributed by atoms with Gasteiger partial charge in [0, 0.05) is 17.5 Å². The average Bonchev–Trinajstić information content (AvgIpc) is 2.32. The first-order chi connectivity index (χ1) is 7.79. The van der Waals surface area contributed by atoms with Crippen LogP contribution in [-0.2, 0) is 0 Å². The van der Waals surface area contributed by atoms with Crippen LogP contribution in [-0.4, -0.2) is 11.6 Å². The predicted molar refractivity (Wildman–Crippen MR) is 65.6 cm³/mol. The van der Waals surface area contributed by atoms with Crippen LogP contribution in [0.15, 0.2) is 42.6 Å². The van der Waals surface area contributed by atoms with E-state index >= 15 is 0 Å². The molecule has 0 spiro atoms. The molecule has 1 aromatic carbocycles. The summed E-state index contributed by atoms with van der Waals surface area (Å²) in [5.74, 6) is 0.909. The maximum atomic E-state index is 5.40. The van der Waals surface area contributed by atoms with Gasteiger partial charge in [-0.15, -0.1) is 0 Å². The van der Waals surface area contributed by atoms with Gasteiger partial charge >= 0.3 is 0 Å². The van der Waals surface area contributed by atoms with Crippen LogP contribution in [0.1, 0.15) is 12.6 Å². The molecule has 0 amide bonds. The third kappa shape index (κ3) is 2.40. The second kappa shape index (κ2) is 4.79. The van der Waals surface area contributed by atoms with E-state index in [-0.39, 0.29) is 0 Å². The van der Waals surface area contributed by atoms with Crippen LogP contribution in [0, 0.1) is 6.92 Å². The van der Waals surface area contributed by atoms with Gasteiger partial charge in [0.2, 0.25) is 0 Å². The minimum Gasteiger partial charge on any atom is -0.494 e. The van der Waals surface area contributed by atoms with Crippen LogP contribution in [0.5, 0.6) is 5.75 Å². The van der Waals surface area contributed by atoms with E-state index < -0.39 is 0 Å². The van der Waals surface area contributed by atoms with Gasteiger partial charge in [-0.1, -0.05) is 18.2 Å². The van der Waals surface area contributed by atoms with Crippen molar-refractivity contribution in [1.29, 1.82) is 0 Å². The normalized spacial score (nSPS) is 10.1. The van der Waals surface area contributed by atoms with Crippen LogP contribution in [0.25, 0.3) is 11.1 Å². The van der Waals surface area contributed by atoms with Gasteiger partial charge in [-0.25, -0.2) is 0 Å². The molecule has 82 valence electrons. The highest BCUT2D eigenvalue weighted by Gasteiger charge is 1.98. The van der Waals surface area contributed by atoms with Crippen molar-refractivity contribution < 1.29 is 4.74 Å². The van der Waals surface area contributed by atoms with Crippen molar-refractivity contribution in [3.8, 4) is 16.9 Å². The Morgan fingerprint density at radius 3 is 2.25 bits per heavy atom. The lowest BCUT2D eigenvalue weighted by Gasteiger charge is -2.05. The lowest BCUT2D eigenvalue weighted by Crippen LogP contribution is -1.90. The summed E-state index contributed by atoms with van der Waals surface area (Å²) < 4.78 is 5.40. The predicted octanol–water partition coefficient (Wildman–Crippen LogP) is 3.46. The molecule has 0 N–H and O–H groups in total. The summed E-state index contributed by atoms with van der Waals surface area (Å²) in [7, 11) is 0. The summed E-state index contributed by atoms with van der Waals surface area (Å²) in [4.78, 5) is 4.28. The fourth-order valence-electron chi connectivity index (χ4n) is 1.55. The minimum absolute atomic E-state index is 0.700. The molecular formula is C14H15NO. The molecule has 2 heteroatoms. The highest BCUT2D eigenvalue weighted by atomic mass is 16.5. The summed E-state index contributed by atoms with van der Waals surface area (Å²) in [6.07, 6.45) is 1.89. The first-order valence-electron chi connectivity index (χ1n) is 5.45. The highest BCUT2D eigenvalue weighted by Crippen LogP contribution is 2.21. The third-order valence-electron chi connectivity index (χ3n) is 2.41. The van der Waals surface area contributed by atoms with Crippen LogP contribution in [0.2, 0.25) is 0 Å². The standard InChI is InChI=1S/C14H15NO/c1-3-16-14-8-6-12(7-9-14)13-5-4-11(2)15-10-13/h4-10H,3H2,1-2H3. The molecule has 0 saturated carbocycles. The fourth-order valence-corrected chi connectivity index (χ4v) is 1.55. The molecule has 0 atom stereocenters. The maximum absolute atomic E-state index is 5.40. The lowest BCUT2D eigenvalue weighted by atomic mass is 10.1. The second-order valence-electron chi connectivity index (χ2n) is 3.65. The molecule has 0 fully saturated rings. The van der Waals surface area contributed by atoms with Gasteiger partial charge in [-0.3, -0.25) is 4.98 Å². The molecule has 0 radical (unpaired) electrons. The third-order valence-corrected chi connectivity index (χ3v) is 2.41. The Morgan fingerprint density at radius 1 is 1.00 bits per heavy atom. The number of aryl methyl sites for hydroxylation is 1. The largest absolute Gasteiger partial charge is 0.494 e. The average molecular weight is 213 g/mol. The lowest BCUT2D eigenvalue weighted by molar-refractivity contribution is 0.340. The Morgan fingerprint density at radius 2 is 1.69 bits per heavy atom. The van der Waals surface area contributed by atoms with E-state index in [2.05, 4.69) is 23.2 Å². The van der Waals surface area contributed by atoms with Crippen molar-refractivity contribution in [2.75, 3.05) is 6.61 Å². The molecule has 2 nitrogen and oxygen atoms in total. The molecule has 0 saturated heterocycles. The molecule has 0 bridgehead atoms. The molecular weight excluding hydrogens is 198 g/mol. The Balaban J connectivity index is 2.24. The van der Waals surface area contributed by atoms with E-state index in [1.54, 1.807) is 0 Å². The summed E-state index contributed by atoms with van der Waals surface area (Å²) in [5.41, 5.74) is 3.33. The number of ether oxygens (including phenoxy) is 1. The summed E-state index contributed by atoms with van der Waals surface area (Å²) >= 11 is 0. The van der Waals surface area contributed by atoms with E-state index in [4.69, 9.17) is 4.74 Å². The van der Waals surface area contributed by atoms with Crippen molar-refractivity contribution in [1.82, 2.24) is 4.98 Å². The van der Waals surface area contributed by atoms with Crippen LogP contribution in [0.4, 0.5) is 0 Å². The monoisotopic (exact) mass is 213 g/mol. The van der Waals surface area contributed by atoms with Crippen LogP contribution in [0.3, 0.4) is 0 Å². The van der Waals surface area contributed by atoms with Crippen molar-refractivity contribution in [3.63, 3.8) is 0 Å². The van der Waals surface area contributed by atoms with Crippen LogP contribution < -0.4 is 4.74 Å². The van der Waals surface area contributed by atoms with Gasteiger partial charge in [-0.05, 0) is 37.6 Å². The number of nitrogens with zero attached hydrogens (tertiary/aromatic N) is 1. The molecule has 0 unspecified atom stereocenters. The summed E-state index contributed by atoms with van der Waals surface area (Å²) in [6, 6.07) is 12.2. The summed E-state index contributed by atoms with van der Waals surface area (Å²) in [5, 5.41) is 0. The van der Waals surface area contributed by atoms with Gasteiger partial charge in [0.25, 0.3) is 0 Å². The van der Waals surface area contributed by atoms with Gasteiger partial charge < -0.3 is 4.74 Å².